The number of fused-ring (bicyclic) bond motifs is 2. The number of nitrogens with zero attached hydrogens (tertiary/aromatic N) is 2. The van der Waals surface area contributed by atoms with E-state index in [1.54, 1.807) is 9.80 Å². The Balaban J connectivity index is 1.48. The van der Waals surface area contributed by atoms with Gasteiger partial charge in [-0.2, -0.15) is 0 Å². The highest BCUT2D eigenvalue weighted by Crippen LogP contribution is 2.30. The molecule has 0 aromatic heterocycles. The van der Waals surface area contributed by atoms with Gasteiger partial charge in [0.05, 0.1) is 5.92 Å². The fourth-order valence-corrected chi connectivity index (χ4v) is 4.12. The molecule has 0 spiro atoms. The van der Waals surface area contributed by atoms with E-state index in [0.717, 1.165) is 28.8 Å². The van der Waals surface area contributed by atoms with Crippen LogP contribution in [0.4, 0.5) is 5.69 Å². The van der Waals surface area contributed by atoms with Crippen molar-refractivity contribution < 1.29 is 19.5 Å². The standard InChI is InChI=1S/C22H22N2O4/c25-20(11-12-24-19-8-4-2-5-15(19)9-10-21(24)26)23-13-16-6-1-3-7-17(16)18(14-23)22(27)28/h1-8,18H,9-14H2,(H,27,28). The number of carboxylic acid groups (broad SMARTS) is 1. The first kappa shape index (κ1) is 18.2. The summed E-state index contributed by atoms with van der Waals surface area (Å²) in [5.74, 6) is -1.74. The zero-order chi connectivity index (χ0) is 19.7. The monoisotopic (exact) mass is 378 g/mol. The molecule has 0 fully saturated rings. The molecule has 2 heterocycles. The summed E-state index contributed by atoms with van der Waals surface area (Å²) in [4.78, 5) is 40.2. The van der Waals surface area contributed by atoms with Gasteiger partial charge in [-0.1, -0.05) is 42.5 Å². The van der Waals surface area contributed by atoms with Gasteiger partial charge in [-0.3, -0.25) is 14.4 Å². The number of benzene rings is 2. The highest BCUT2D eigenvalue weighted by molar-refractivity contribution is 5.97. The Bertz CT molecular complexity index is 940. The Labute approximate surface area is 163 Å². The van der Waals surface area contributed by atoms with Crippen LogP contribution in [-0.4, -0.2) is 40.9 Å². The van der Waals surface area contributed by atoms with Crippen LogP contribution in [-0.2, 0) is 27.3 Å². The SMILES string of the molecule is O=C(O)C1CN(C(=O)CCN2C(=O)CCc3ccccc32)Cc2ccccc21. The summed E-state index contributed by atoms with van der Waals surface area (Å²) >= 11 is 0. The number of aliphatic carboxylic acids is 1. The van der Waals surface area contributed by atoms with Crippen molar-refractivity contribution in [3.63, 3.8) is 0 Å². The quantitative estimate of drug-likeness (QED) is 0.887. The lowest BCUT2D eigenvalue weighted by molar-refractivity contribution is -0.141. The van der Waals surface area contributed by atoms with Crippen LogP contribution in [0.2, 0.25) is 0 Å². The summed E-state index contributed by atoms with van der Waals surface area (Å²) in [6.07, 6.45) is 1.35. The number of aryl methyl sites for hydroxylation is 1. The van der Waals surface area contributed by atoms with Gasteiger partial charge >= 0.3 is 5.97 Å². The maximum Gasteiger partial charge on any atom is 0.312 e. The molecule has 2 aromatic carbocycles. The summed E-state index contributed by atoms with van der Waals surface area (Å²) in [5.41, 5.74) is 3.64. The van der Waals surface area contributed by atoms with Crippen molar-refractivity contribution in [3.8, 4) is 0 Å². The Morgan fingerprint density at radius 2 is 1.71 bits per heavy atom. The van der Waals surface area contributed by atoms with Crippen molar-refractivity contribution in [1.29, 1.82) is 0 Å². The maximum atomic E-state index is 12.8. The van der Waals surface area contributed by atoms with Crippen LogP contribution in [0.3, 0.4) is 0 Å². The topological polar surface area (TPSA) is 77.9 Å². The van der Waals surface area contributed by atoms with Crippen molar-refractivity contribution in [2.24, 2.45) is 0 Å². The fraction of sp³-hybridized carbons (Fsp3) is 0.318. The number of amides is 2. The van der Waals surface area contributed by atoms with E-state index in [0.29, 0.717) is 19.5 Å². The van der Waals surface area contributed by atoms with Crippen LogP contribution in [0.25, 0.3) is 0 Å². The number of para-hydroxylation sites is 1. The first-order valence-electron chi connectivity index (χ1n) is 9.51. The second-order valence-corrected chi connectivity index (χ2v) is 7.29. The van der Waals surface area contributed by atoms with Crippen molar-refractivity contribution in [3.05, 3.63) is 65.2 Å². The molecule has 2 aromatic rings. The van der Waals surface area contributed by atoms with E-state index in [4.69, 9.17) is 0 Å². The molecule has 1 unspecified atom stereocenters. The molecule has 2 amide bonds. The largest absolute Gasteiger partial charge is 0.481 e. The summed E-state index contributed by atoms with van der Waals surface area (Å²) in [6.45, 7) is 0.879. The average Bonchev–Trinajstić information content (AvgIpc) is 2.71. The number of carboxylic acids is 1. The third-order valence-corrected chi connectivity index (χ3v) is 5.59. The molecule has 1 atom stereocenters. The van der Waals surface area contributed by atoms with E-state index in [2.05, 4.69) is 0 Å². The van der Waals surface area contributed by atoms with Gasteiger partial charge in [0.15, 0.2) is 0 Å². The molecule has 1 N–H and O–H groups in total. The smallest absolute Gasteiger partial charge is 0.312 e. The average molecular weight is 378 g/mol. The van der Waals surface area contributed by atoms with E-state index in [1.807, 2.05) is 48.5 Å². The van der Waals surface area contributed by atoms with Crippen LogP contribution in [0, 0.1) is 0 Å². The van der Waals surface area contributed by atoms with Crippen molar-refractivity contribution in [1.82, 2.24) is 4.90 Å². The number of anilines is 1. The minimum atomic E-state index is -0.926. The van der Waals surface area contributed by atoms with E-state index in [1.165, 1.54) is 0 Å². The molecule has 2 aliphatic heterocycles. The zero-order valence-corrected chi connectivity index (χ0v) is 15.5. The van der Waals surface area contributed by atoms with Crippen LogP contribution in [0.5, 0.6) is 0 Å². The Hall–Kier alpha value is -3.15. The van der Waals surface area contributed by atoms with Gasteiger partial charge in [0, 0.05) is 38.2 Å². The molecule has 0 radical (unpaired) electrons. The van der Waals surface area contributed by atoms with Gasteiger partial charge in [0.25, 0.3) is 0 Å². The minimum Gasteiger partial charge on any atom is -0.481 e. The lowest BCUT2D eigenvalue weighted by Gasteiger charge is -2.34. The number of carbonyl (C=O) groups is 3. The summed E-state index contributed by atoms with van der Waals surface area (Å²) < 4.78 is 0. The van der Waals surface area contributed by atoms with Crippen molar-refractivity contribution in [2.45, 2.75) is 31.7 Å². The summed E-state index contributed by atoms with van der Waals surface area (Å²) in [7, 11) is 0. The van der Waals surface area contributed by atoms with E-state index in [9.17, 15) is 19.5 Å². The molecular formula is C22H22N2O4. The van der Waals surface area contributed by atoms with Gasteiger partial charge < -0.3 is 14.9 Å². The van der Waals surface area contributed by atoms with E-state index < -0.39 is 11.9 Å². The van der Waals surface area contributed by atoms with Gasteiger partial charge in [-0.05, 0) is 29.2 Å². The highest BCUT2D eigenvalue weighted by atomic mass is 16.4. The fourth-order valence-electron chi connectivity index (χ4n) is 4.12. The summed E-state index contributed by atoms with van der Waals surface area (Å²) in [6, 6.07) is 15.1. The molecule has 0 saturated heterocycles. The molecule has 6 heteroatoms. The third kappa shape index (κ3) is 3.38. The molecule has 0 aliphatic carbocycles. The molecule has 4 rings (SSSR count). The Morgan fingerprint density at radius 3 is 2.50 bits per heavy atom. The Kier molecular flexibility index (Phi) is 4.86. The van der Waals surface area contributed by atoms with E-state index >= 15 is 0 Å². The predicted molar refractivity (Wildman–Crippen MR) is 104 cm³/mol. The number of carbonyl (C=O) groups excluding carboxylic acids is 2. The minimum absolute atomic E-state index is 0.0268. The first-order valence-corrected chi connectivity index (χ1v) is 9.51. The second kappa shape index (κ2) is 7.46. The third-order valence-electron chi connectivity index (χ3n) is 5.59. The molecule has 0 bridgehead atoms. The predicted octanol–water partition coefficient (Wildman–Crippen LogP) is 2.57. The summed E-state index contributed by atoms with van der Waals surface area (Å²) in [5, 5.41) is 9.57. The van der Waals surface area contributed by atoms with Gasteiger partial charge in [-0.25, -0.2) is 0 Å². The molecule has 144 valence electrons. The van der Waals surface area contributed by atoms with Gasteiger partial charge in [0.2, 0.25) is 11.8 Å². The number of rotatable bonds is 4. The van der Waals surface area contributed by atoms with Crippen molar-refractivity contribution in [2.75, 3.05) is 18.0 Å². The molecule has 6 nitrogen and oxygen atoms in total. The lowest BCUT2D eigenvalue weighted by Crippen LogP contribution is -2.43. The van der Waals surface area contributed by atoms with Crippen LogP contribution in [0.15, 0.2) is 48.5 Å². The molecule has 28 heavy (non-hydrogen) atoms. The van der Waals surface area contributed by atoms with Crippen LogP contribution in [0.1, 0.15) is 35.4 Å². The zero-order valence-electron chi connectivity index (χ0n) is 15.5. The second-order valence-electron chi connectivity index (χ2n) is 7.29. The molecule has 2 aliphatic rings. The van der Waals surface area contributed by atoms with Crippen molar-refractivity contribution >= 4 is 23.5 Å². The normalized spacial score (nSPS) is 18.4. The Morgan fingerprint density at radius 1 is 1.00 bits per heavy atom. The highest BCUT2D eigenvalue weighted by Gasteiger charge is 2.33. The van der Waals surface area contributed by atoms with Crippen LogP contribution < -0.4 is 4.90 Å². The number of hydrogen-bond donors (Lipinski definition) is 1. The molecule has 0 saturated carbocycles. The van der Waals surface area contributed by atoms with Gasteiger partial charge in [-0.15, -0.1) is 0 Å². The maximum absolute atomic E-state index is 12.8. The lowest BCUT2D eigenvalue weighted by atomic mass is 9.89. The molecular weight excluding hydrogens is 356 g/mol. The van der Waals surface area contributed by atoms with Crippen LogP contribution >= 0.6 is 0 Å². The van der Waals surface area contributed by atoms with Gasteiger partial charge in [0.1, 0.15) is 0 Å². The first-order chi connectivity index (χ1) is 13.5. The van der Waals surface area contributed by atoms with E-state index in [-0.39, 0.29) is 24.8 Å². The number of hydrogen-bond acceptors (Lipinski definition) is 3.